The van der Waals surface area contributed by atoms with Crippen LogP contribution in [0.1, 0.15) is 36.4 Å². The summed E-state index contributed by atoms with van der Waals surface area (Å²) in [5.74, 6) is 1.26. The molecule has 1 saturated heterocycles. The molecule has 1 aliphatic rings. The molecule has 0 aromatic carbocycles. The Labute approximate surface area is 95.7 Å². The van der Waals surface area contributed by atoms with E-state index in [2.05, 4.69) is 11.9 Å². The second-order valence-corrected chi connectivity index (χ2v) is 5.51. The molecule has 0 saturated carbocycles. The van der Waals surface area contributed by atoms with Gasteiger partial charge in [-0.25, -0.2) is 0 Å². The highest BCUT2D eigenvalue weighted by molar-refractivity contribution is 8.00. The van der Waals surface area contributed by atoms with Crippen LogP contribution in [0.4, 0.5) is 0 Å². The molecule has 15 heavy (non-hydrogen) atoms. The van der Waals surface area contributed by atoms with Crippen molar-refractivity contribution in [1.29, 1.82) is 0 Å². The topological polar surface area (TPSA) is 38.9 Å². The molecule has 1 fully saturated rings. The van der Waals surface area contributed by atoms with E-state index in [1.807, 2.05) is 30.2 Å². The van der Waals surface area contributed by atoms with Crippen LogP contribution >= 0.6 is 11.8 Å². The zero-order valence-corrected chi connectivity index (χ0v) is 9.96. The molecule has 2 nitrogen and oxygen atoms in total. The Morgan fingerprint density at radius 2 is 2.40 bits per heavy atom. The largest absolute Gasteiger partial charge is 0.323 e. The summed E-state index contributed by atoms with van der Waals surface area (Å²) in [5.41, 5.74) is 8.80. The second kappa shape index (κ2) is 4.99. The van der Waals surface area contributed by atoms with Crippen LogP contribution in [0.2, 0.25) is 0 Å². The Bertz CT molecular complexity index is 321. The van der Waals surface area contributed by atoms with E-state index < -0.39 is 0 Å². The zero-order chi connectivity index (χ0) is 10.7. The summed E-state index contributed by atoms with van der Waals surface area (Å²) in [6.45, 7) is 2.12. The summed E-state index contributed by atoms with van der Waals surface area (Å²) in [4.78, 5) is 4.17. The third-order valence-corrected chi connectivity index (χ3v) is 4.54. The van der Waals surface area contributed by atoms with Gasteiger partial charge in [-0.3, -0.25) is 4.98 Å². The first-order chi connectivity index (χ1) is 7.29. The number of pyridine rings is 1. The van der Waals surface area contributed by atoms with Gasteiger partial charge in [0, 0.05) is 23.7 Å². The molecule has 0 spiro atoms. The zero-order valence-electron chi connectivity index (χ0n) is 9.15. The van der Waals surface area contributed by atoms with Crippen LogP contribution in [0.3, 0.4) is 0 Å². The lowest BCUT2D eigenvalue weighted by Gasteiger charge is -2.27. The van der Waals surface area contributed by atoms with Gasteiger partial charge in [0.1, 0.15) is 0 Å². The molecule has 1 aliphatic heterocycles. The van der Waals surface area contributed by atoms with Crippen molar-refractivity contribution < 1.29 is 0 Å². The van der Waals surface area contributed by atoms with Crippen LogP contribution in [-0.2, 0) is 0 Å². The maximum Gasteiger partial charge on any atom is 0.0433 e. The lowest BCUT2D eigenvalue weighted by Crippen LogP contribution is -2.26. The summed E-state index contributed by atoms with van der Waals surface area (Å²) in [7, 11) is 0. The molecule has 0 bridgehead atoms. The van der Waals surface area contributed by atoms with Crippen LogP contribution in [-0.4, -0.2) is 16.0 Å². The average molecular weight is 222 g/mol. The lowest BCUT2D eigenvalue weighted by atomic mass is 9.98. The molecule has 2 rings (SSSR count). The van der Waals surface area contributed by atoms with E-state index in [4.69, 9.17) is 5.73 Å². The van der Waals surface area contributed by atoms with E-state index in [0.717, 1.165) is 0 Å². The fourth-order valence-electron chi connectivity index (χ4n) is 2.07. The molecule has 0 radical (unpaired) electrons. The van der Waals surface area contributed by atoms with E-state index in [-0.39, 0.29) is 6.04 Å². The number of hydrogen-bond donors (Lipinski definition) is 1. The quantitative estimate of drug-likeness (QED) is 0.836. The van der Waals surface area contributed by atoms with Crippen LogP contribution in [0.5, 0.6) is 0 Å². The Morgan fingerprint density at radius 1 is 1.53 bits per heavy atom. The maximum atomic E-state index is 6.31. The molecule has 3 heteroatoms. The fourth-order valence-corrected chi connectivity index (χ4v) is 3.44. The van der Waals surface area contributed by atoms with Crippen molar-refractivity contribution in [3.63, 3.8) is 0 Å². The summed E-state index contributed by atoms with van der Waals surface area (Å²) in [6.07, 6.45) is 7.68. The van der Waals surface area contributed by atoms with Gasteiger partial charge in [0.15, 0.2) is 0 Å². The number of aromatic nitrogens is 1. The standard InChI is InChI=1S/C12H18N2S/c1-9-5-6-14-8-10(9)12(13)11-4-2-3-7-15-11/h5-6,8,11-12H,2-4,7,13H2,1H3. The molecule has 2 atom stereocenters. The monoisotopic (exact) mass is 222 g/mol. The van der Waals surface area contributed by atoms with Crippen LogP contribution < -0.4 is 5.73 Å². The van der Waals surface area contributed by atoms with Crippen LogP contribution in [0, 0.1) is 6.92 Å². The number of aryl methyl sites for hydroxylation is 1. The van der Waals surface area contributed by atoms with Crippen molar-refractivity contribution in [3.05, 3.63) is 29.6 Å². The Kier molecular flexibility index (Phi) is 3.65. The fraction of sp³-hybridized carbons (Fsp3) is 0.583. The van der Waals surface area contributed by atoms with Crippen molar-refractivity contribution in [2.75, 3.05) is 5.75 Å². The smallest absolute Gasteiger partial charge is 0.0433 e. The third kappa shape index (κ3) is 2.52. The summed E-state index contributed by atoms with van der Waals surface area (Å²) < 4.78 is 0. The van der Waals surface area contributed by atoms with Crippen molar-refractivity contribution in [2.45, 2.75) is 37.5 Å². The van der Waals surface area contributed by atoms with Crippen LogP contribution in [0.25, 0.3) is 0 Å². The molecule has 1 aromatic heterocycles. The highest BCUT2D eigenvalue weighted by Crippen LogP contribution is 2.33. The van der Waals surface area contributed by atoms with Gasteiger partial charge in [0.2, 0.25) is 0 Å². The number of rotatable bonds is 2. The highest BCUT2D eigenvalue weighted by atomic mass is 32.2. The van der Waals surface area contributed by atoms with Gasteiger partial charge in [-0.05, 0) is 42.7 Å². The maximum absolute atomic E-state index is 6.31. The minimum absolute atomic E-state index is 0.156. The van der Waals surface area contributed by atoms with Gasteiger partial charge in [-0.15, -0.1) is 0 Å². The van der Waals surface area contributed by atoms with E-state index in [0.29, 0.717) is 5.25 Å². The van der Waals surface area contributed by atoms with Gasteiger partial charge >= 0.3 is 0 Å². The second-order valence-electron chi connectivity index (χ2n) is 4.16. The highest BCUT2D eigenvalue weighted by Gasteiger charge is 2.23. The first kappa shape index (κ1) is 11.0. The SMILES string of the molecule is Cc1ccncc1C(N)C1CCCCS1. The molecule has 2 heterocycles. The predicted octanol–water partition coefficient (Wildman–Crippen LogP) is 2.68. The predicted molar refractivity (Wildman–Crippen MR) is 66.0 cm³/mol. The van der Waals surface area contributed by atoms with Gasteiger partial charge < -0.3 is 5.73 Å². The minimum Gasteiger partial charge on any atom is -0.323 e. The molecule has 0 amide bonds. The van der Waals surface area contributed by atoms with Crippen molar-refractivity contribution in [2.24, 2.45) is 5.73 Å². The van der Waals surface area contributed by atoms with Gasteiger partial charge in [-0.1, -0.05) is 6.42 Å². The molecular formula is C12H18N2S. The minimum atomic E-state index is 0.156. The summed E-state index contributed by atoms with van der Waals surface area (Å²) in [5, 5.41) is 0.585. The van der Waals surface area contributed by atoms with Gasteiger partial charge in [0.05, 0.1) is 0 Å². The van der Waals surface area contributed by atoms with E-state index in [1.54, 1.807) is 0 Å². The number of hydrogen-bond acceptors (Lipinski definition) is 3. The Morgan fingerprint density at radius 3 is 3.07 bits per heavy atom. The molecule has 2 N–H and O–H groups in total. The number of thioether (sulfide) groups is 1. The lowest BCUT2D eigenvalue weighted by molar-refractivity contribution is 0.579. The van der Waals surface area contributed by atoms with Gasteiger partial charge in [-0.2, -0.15) is 11.8 Å². The normalized spacial score (nSPS) is 23.7. The molecular weight excluding hydrogens is 204 g/mol. The first-order valence-electron chi connectivity index (χ1n) is 5.57. The molecule has 0 aliphatic carbocycles. The van der Waals surface area contributed by atoms with E-state index in [9.17, 15) is 0 Å². The van der Waals surface area contributed by atoms with Crippen molar-refractivity contribution in [3.8, 4) is 0 Å². The van der Waals surface area contributed by atoms with Crippen LogP contribution in [0.15, 0.2) is 18.5 Å². The molecule has 82 valence electrons. The summed E-state index contributed by atoms with van der Waals surface area (Å²) in [6, 6.07) is 2.20. The summed E-state index contributed by atoms with van der Waals surface area (Å²) >= 11 is 2.02. The number of nitrogens with zero attached hydrogens (tertiary/aromatic N) is 1. The first-order valence-corrected chi connectivity index (χ1v) is 6.61. The van der Waals surface area contributed by atoms with Crippen molar-refractivity contribution >= 4 is 11.8 Å². The number of nitrogens with two attached hydrogens (primary N) is 1. The Hall–Kier alpha value is -0.540. The molecule has 2 unspecified atom stereocenters. The average Bonchev–Trinajstić information content (AvgIpc) is 2.30. The third-order valence-electron chi connectivity index (χ3n) is 3.05. The molecule has 1 aromatic rings. The van der Waals surface area contributed by atoms with E-state index in [1.165, 1.54) is 36.1 Å². The van der Waals surface area contributed by atoms with Crippen molar-refractivity contribution in [1.82, 2.24) is 4.98 Å². The Balaban J connectivity index is 2.12. The van der Waals surface area contributed by atoms with E-state index >= 15 is 0 Å². The van der Waals surface area contributed by atoms with Gasteiger partial charge in [0.25, 0.3) is 0 Å².